The van der Waals surface area contributed by atoms with Gasteiger partial charge in [0.1, 0.15) is 5.82 Å². The summed E-state index contributed by atoms with van der Waals surface area (Å²) < 4.78 is 0. The van der Waals surface area contributed by atoms with Crippen molar-refractivity contribution in [2.45, 2.75) is 38.1 Å². The number of para-hydroxylation sites is 1. The molecule has 0 radical (unpaired) electrons. The van der Waals surface area contributed by atoms with E-state index in [0.717, 1.165) is 22.5 Å². The number of benzene rings is 1. The highest BCUT2D eigenvalue weighted by atomic mass is 32.2. The van der Waals surface area contributed by atoms with Crippen LogP contribution in [0.15, 0.2) is 29.4 Å². The maximum Gasteiger partial charge on any atom is 0.237 e. The number of carbonyl (C=O) groups is 1. The van der Waals surface area contributed by atoms with Crippen LogP contribution < -0.4 is 11.1 Å². The van der Waals surface area contributed by atoms with Crippen molar-refractivity contribution in [1.82, 2.24) is 9.97 Å². The molecule has 0 fully saturated rings. The number of aromatic nitrogens is 2. The summed E-state index contributed by atoms with van der Waals surface area (Å²) in [5, 5.41) is 3.18. The van der Waals surface area contributed by atoms with Crippen LogP contribution in [0, 0.1) is 20.8 Å². The zero-order chi connectivity index (χ0) is 16.3. The summed E-state index contributed by atoms with van der Waals surface area (Å²) >= 11 is 1.30. The molecule has 22 heavy (non-hydrogen) atoms. The fraction of sp³-hybridized carbons (Fsp3) is 0.312. The number of amides is 1. The molecular weight excluding hydrogens is 296 g/mol. The summed E-state index contributed by atoms with van der Waals surface area (Å²) in [4.78, 5) is 20.8. The minimum atomic E-state index is -0.319. The van der Waals surface area contributed by atoms with E-state index >= 15 is 0 Å². The first-order chi connectivity index (χ1) is 10.4. The second kappa shape index (κ2) is 6.79. The van der Waals surface area contributed by atoms with Crippen LogP contribution in [0.1, 0.15) is 23.7 Å². The second-order valence-corrected chi connectivity index (χ2v) is 6.54. The fourth-order valence-corrected chi connectivity index (χ4v) is 2.90. The molecule has 0 saturated carbocycles. The number of thioether (sulfide) groups is 1. The van der Waals surface area contributed by atoms with Gasteiger partial charge in [0.25, 0.3) is 0 Å². The third-order valence-electron chi connectivity index (χ3n) is 3.23. The molecule has 1 atom stereocenters. The molecule has 0 bridgehead atoms. The number of nitrogens with one attached hydrogen (secondary N) is 1. The number of anilines is 2. The Labute approximate surface area is 134 Å². The second-order valence-electron chi connectivity index (χ2n) is 5.23. The van der Waals surface area contributed by atoms with Crippen LogP contribution in [0.3, 0.4) is 0 Å². The number of carbonyl (C=O) groups excluding carboxylic acids is 1. The van der Waals surface area contributed by atoms with Gasteiger partial charge in [-0.15, -0.1) is 0 Å². The van der Waals surface area contributed by atoms with Gasteiger partial charge in [-0.2, -0.15) is 0 Å². The molecule has 6 heteroatoms. The minimum absolute atomic E-state index is 0.0777. The number of nitrogen functional groups attached to an aromatic ring is 1. The standard InChI is InChI=1S/C16H20N4OS/c1-9-6-5-7-10(2)14(9)20-15(21)12(4)22-16-18-11(3)8-13(17)19-16/h5-8,12H,1-4H3,(H,20,21)(H2,17,18,19)/t12-/m1/s1. The molecule has 1 amide bonds. The largest absolute Gasteiger partial charge is 0.384 e. The molecule has 0 aliphatic carbocycles. The average Bonchev–Trinajstić information content (AvgIpc) is 2.41. The van der Waals surface area contributed by atoms with Crippen molar-refractivity contribution in [2.75, 3.05) is 11.1 Å². The third kappa shape index (κ3) is 3.98. The topological polar surface area (TPSA) is 80.9 Å². The van der Waals surface area contributed by atoms with Gasteiger partial charge in [0.2, 0.25) is 5.91 Å². The molecule has 0 spiro atoms. The normalized spacial score (nSPS) is 12.0. The Hall–Kier alpha value is -2.08. The van der Waals surface area contributed by atoms with E-state index in [2.05, 4.69) is 15.3 Å². The predicted octanol–water partition coefficient (Wildman–Crippen LogP) is 3.10. The monoisotopic (exact) mass is 316 g/mol. The molecule has 0 aliphatic heterocycles. The predicted molar refractivity (Wildman–Crippen MR) is 91.0 cm³/mol. The molecular formula is C16H20N4OS. The molecule has 2 rings (SSSR count). The van der Waals surface area contributed by atoms with E-state index in [4.69, 9.17) is 5.73 Å². The lowest BCUT2D eigenvalue weighted by molar-refractivity contribution is -0.115. The van der Waals surface area contributed by atoms with Gasteiger partial charge in [0.15, 0.2) is 5.16 Å². The zero-order valence-corrected chi connectivity index (χ0v) is 14.0. The van der Waals surface area contributed by atoms with Crippen molar-refractivity contribution in [3.63, 3.8) is 0 Å². The van der Waals surface area contributed by atoms with Gasteiger partial charge in [-0.05, 0) is 38.8 Å². The molecule has 116 valence electrons. The number of rotatable bonds is 4. The Morgan fingerprint density at radius 2 is 1.86 bits per heavy atom. The summed E-state index contributed by atoms with van der Waals surface area (Å²) in [7, 11) is 0. The minimum Gasteiger partial charge on any atom is -0.384 e. The van der Waals surface area contributed by atoms with Crippen LogP contribution in [-0.2, 0) is 4.79 Å². The molecule has 5 nitrogen and oxygen atoms in total. The summed E-state index contributed by atoms with van der Waals surface area (Å²) in [6.45, 7) is 7.63. The van der Waals surface area contributed by atoms with E-state index in [0.29, 0.717) is 11.0 Å². The number of nitrogens with zero attached hydrogens (tertiary/aromatic N) is 2. The lowest BCUT2D eigenvalue weighted by atomic mass is 10.1. The summed E-state index contributed by atoms with van der Waals surface area (Å²) in [5.41, 5.74) is 9.45. The van der Waals surface area contributed by atoms with E-state index in [1.807, 2.05) is 45.9 Å². The zero-order valence-electron chi connectivity index (χ0n) is 13.2. The van der Waals surface area contributed by atoms with E-state index < -0.39 is 0 Å². The van der Waals surface area contributed by atoms with Gasteiger partial charge >= 0.3 is 0 Å². The molecule has 0 unspecified atom stereocenters. The molecule has 0 saturated heterocycles. The number of hydrogen-bond donors (Lipinski definition) is 2. The molecule has 2 aromatic rings. The van der Waals surface area contributed by atoms with Gasteiger partial charge in [0.05, 0.1) is 5.25 Å². The maximum atomic E-state index is 12.4. The van der Waals surface area contributed by atoms with Crippen molar-refractivity contribution < 1.29 is 4.79 Å². The van der Waals surface area contributed by atoms with Gasteiger partial charge in [-0.1, -0.05) is 30.0 Å². The Morgan fingerprint density at radius 3 is 2.45 bits per heavy atom. The lowest BCUT2D eigenvalue weighted by Crippen LogP contribution is -2.23. The smallest absolute Gasteiger partial charge is 0.237 e. The first-order valence-corrected chi connectivity index (χ1v) is 7.89. The van der Waals surface area contributed by atoms with Gasteiger partial charge in [0, 0.05) is 17.4 Å². The molecule has 0 aliphatic rings. The van der Waals surface area contributed by atoms with Crippen molar-refractivity contribution in [2.24, 2.45) is 0 Å². The number of aryl methyl sites for hydroxylation is 3. The van der Waals surface area contributed by atoms with Crippen molar-refractivity contribution in [3.8, 4) is 0 Å². The maximum absolute atomic E-state index is 12.4. The van der Waals surface area contributed by atoms with Crippen molar-refractivity contribution in [3.05, 3.63) is 41.1 Å². The first kappa shape index (κ1) is 16.3. The first-order valence-electron chi connectivity index (χ1n) is 7.01. The molecule has 1 aromatic carbocycles. The summed E-state index contributed by atoms with van der Waals surface area (Å²) in [6.07, 6.45) is 0. The number of hydrogen-bond acceptors (Lipinski definition) is 5. The highest BCUT2D eigenvalue weighted by Gasteiger charge is 2.18. The molecule has 3 N–H and O–H groups in total. The van der Waals surface area contributed by atoms with Crippen LogP contribution >= 0.6 is 11.8 Å². The summed E-state index contributed by atoms with van der Waals surface area (Å²) in [6, 6.07) is 7.63. The van der Waals surface area contributed by atoms with E-state index in [9.17, 15) is 4.79 Å². The van der Waals surface area contributed by atoms with Gasteiger partial charge in [-0.3, -0.25) is 4.79 Å². The van der Waals surface area contributed by atoms with Gasteiger partial charge < -0.3 is 11.1 Å². The average molecular weight is 316 g/mol. The van der Waals surface area contributed by atoms with Crippen molar-refractivity contribution in [1.29, 1.82) is 0 Å². The fourth-order valence-electron chi connectivity index (χ4n) is 2.07. The highest BCUT2D eigenvalue weighted by molar-refractivity contribution is 8.00. The Bertz CT molecular complexity index is 662. The Kier molecular flexibility index (Phi) is 5.03. The molecule has 1 aromatic heterocycles. The van der Waals surface area contributed by atoms with Crippen LogP contribution in [0.4, 0.5) is 11.5 Å². The Balaban J connectivity index is 2.09. The number of nitrogens with two attached hydrogens (primary N) is 1. The van der Waals surface area contributed by atoms with E-state index in [-0.39, 0.29) is 11.2 Å². The third-order valence-corrected chi connectivity index (χ3v) is 4.20. The quantitative estimate of drug-likeness (QED) is 0.669. The van der Waals surface area contributed by atoms with Gasteiger partial charge in [-0.25, -0.2) is 9.97 Å². The SMILES string of the molecule is Cc1cc(N)nc(S[C@H](C)C(=O)Nc2c(C)cccc2C)n1. The van der Waals surface area contributed by atoms with Crippen molar-refractivity contribution >= 4 is 29.2 Å². The summed E-state index contributed by atoms with van der Waals surface area (Å²) in [5.74, 6) is 0.337. The van der Waals surface area contributed by atoms with E-state index in [1.165, 1.54) is 11.8 Å². The van der Waals surface area contributed by atoms with E-state index in [1.54, 1.807) is 6.07 Å². The highest BCUT2D eigenvalue weighted by Crippen LogP contribution is 2.24. The van der Waals surface area contributed by atoms with Crippen LogP contribution in [-0.4, -0.2) is 21.1 Å². The molecule has 1 heterocycles. The Morgan fingerprint density at radius 1 is 1.23 bits per heavy atom. The van der Waals surface area contributed by atoms with Crippen LogP contribution in [0.5, 0.6) is 0 Å². The van der Waals surface area contributed by atoms with Crippen LogP contribution in [0.2, 0.25) is 0 Å². The van der Waals surface area contributed by atoms with Crippen LogP contribution in [0.25, 0.3) is 0 Å². The lowest BCUT2D eigenvalue weighted by Gasteiger charge is -2.15.